The second-order valence-electron chi connectivity index (χ2n) is 6.74. The molecule has 5 heteroatoms. The van der Waals surface area contributed by atoms with E-state index in [9.17, 15) is 8.60 Å². The average Bonchev–Trinajstić information content (AvgIpc) is 2.67. The number of nitrogens with zero attached hydrogens (tertiary/aromatic N) is 1. The number of hydrogen-bond donors (Lipinski definition) is 0. The molecule has 1 fully saturated rings. The molecule has 0 aliphatic carbocycles. The van der Waals surface area contributed by atoms with Gasteiger partial charge in [-0.05, 0) is 67.4 Å². The van der Waals surface area contributed by atoms with Crippen molar-refractivity contribution in [3.8, 4) is 5.75 Å². The summed E-state index contributed by atoms with van der Waals surface area (Å²) in [4.78, 5) is 0.600. The van der Waals surface area contributed by atoms with Crippen LogP contribution in [0.5, 0.6) is 5.75 Å². The second kappa shape index (κ2) is 8.23. The van der Waals surface area contributed by atoms with E-state index in [1.807, 2.05) is 22.5 Å². The minimum atomic E-state index is -2.61. The van der Waals surface area contributed by atoms with E-state index in [0.29, 0.717) is 4.90 Å². The predicted octanol–water partition coefficient (Wildman–Crippen LogP) is 4.31. The van der Waals surface area contributed by atoms with Gasteiger partial charge >= 0.3 is 0 Å². The fraction of sp³-hybridized carbons (Fsp3) is 0.381. The Morgan fingerprint density at radius 3 is 2.65 bits per heavy atom. The van der Waals surface area contributed by atoms with Crippen LogP contribution in [0, 0.1) is 5.82 Å². The third-order valence-electron chi connectivity index (χ3n) is 5.07. The monoisotopic (exact) mass is 375 g/mol. The molecule has 2 aromatic carbocycles. The molecule has 1 saturated heterocycles. The highest BCUT2D eigenvalue weighted by Crippen LogP contribution is 2.29. The first-order valence-electron chi connectivity index (χ1n) is 9.04. The van der Waals surface area contributed by atoms with Crippen LogP contribution in [0.3, 0.4) is 0 Å². The van der Waals surface area contributed by atoms with E-state index in [0.717, 1.165) is 50.0 Å². The molecule has 140 valence electrons. The number of ether oxygens (including phenoxy) is 1. The molecule has 0 amide bonds. The Kier molecular flexibility index (Phi) is 5.99. The van der Waals surface area contributed by atoms with Crippen LogP contribution >= 0.6 is 0 Å². The highest BCUT2D eigenvalue weighted by molar-refractivity contribution is 7.98. The lowest BCUT2D eigenvalue weighted by atomic mass is 9.97. The summed E-state index contributed by atoms with van der Waals surface area (Å²) in [5, 5.41) is 0. The van der Waals surface area contributed by atoms with Crippen LogP contribution in [0.2, 0.25) is 0 Å². The molecule has 1 heterocycles. The maximum Gasteiger partial charge on any atom is 0.123 e. The summed E-state index contributed by atoms with van der Waals surface area (Å²) < 4.78 is 34.2. The van der Waals surface area contributed by atoms with E-state index in [-0.39, 0.29) is 11.9 Å². The summed E-state index contributed by atoms with van der Waals surface area (Å²) in [6.07, 6.45) is 4.91. The molecule has 3 nitrogen and oxygen atoms in total. The van der Waals surface area contributed by atoms with Gasteiger partial charge in [0.2, 0.25) is 0 Å². The molecule has 0 N–H and O–H groups in total. The number of para-hydroxylation sites is 1. The lowest BCUT2D eigenvalue weighted by molar-refractivity contribution is 0.250. The molecule has 0 saturated carbocycles. The highest BCUT2D eigenvalue weighted by Gasteiger charge is 2.29. The summed E-state index contributed by atoms with van der Waals surface area (Å²) in [5.41, 5.74) is 1.16. The number of benzene rings is 2. The molecule has 0 bridgehead atoms. The molecule has 0 spiro atoms. The van der Waals surface area contributed by atoms with Gasteiger partial charge in [0.25, 0.3) is 0 Å². The lowest BCUT2D eigenvalue weighted by Gasteiger charge is -2.38. The SMILES string of the molecule is C=S(=O)(c1ccc(F)cc1)N1CCCCC1CCc1ccccc1OC. The van der Waals surface area contributed by atoms with Crippen molar-refractivity contribution >= 4 is 15.6 Å². The first-order chi connectivity index (χ1) is 12.5. The summed E-state index contributed by atoms with van der Waals surface area (Å²) >= 11 is 0. The maximum atomic E-state index is 13.5. The fourth-order valence-corrected chi connectivity index (χ4v) is 5.61. The Hall–Kier alpha value is -1.85. The molecule has 2 unspecified atom stereocenters. The standard InChI is InChI=1S/C21H26FNO2S/c1-25-21-9-4-3-7-17(21)10-13-19-8-5-6-16-23(19)26(2,24)20-14-11-18(22)12-15-20/h3-4,7,9,11-12,14-15,19H,2,5-6,8,10,13,16H2,1H3. The number of hydrogen-bond acceptors (Lipinski definition) is 2. The number of piperidine rings is 1. The van der Waals surface area contributed by atoms with E-state index in [2.05, 4.69) is 11.9 Å². The molecule has 0 aromatic heterocycles. The summed E-state index contributed by atoms with van der Waals surface area (Å²) in [7, 11) is -0.929. The van der Waals surface area contributed by atoms with E-state index < -0.39 is 9.71 Å². The van der Waals surface area contributed by atoms with E-state index in [1.165, 1.54) is 12.1 Å². The van der Waals surface area contributed by atoms with Crippen LogP contribution in [0.15, 0.2) is 53.4 Å². The van der Waals surface area contributed by atoms with E-state index in [4.69, 9.17) is 4.74 Å². The van der Waals surface area contributed by atoms with Gasteiger partial charge in [0.05, 0.1) is 16.8 Å². The van der Waals surface area contributed by atoms with Gasteiger partial charge < -0.3 is 4.74 Å². The van der Waals surface area contributed by atoms with Gasteiger partial charge in [-0.25, -0.2) is 12.9 Å². The summed E-state index contributed by atoms with van der Waals surface area (Å²) in [6.45, 7) is 0.760. The number of rotatable bonds is 6. The molecule has 2 atom stereocenters. The number of methoxy groups -OCH3 is 1. The zero-order valence-corrected chi connectivity index (χ0v) is 16.0. The first-order valence-corrected chi connectivity index (χ1v) is 10.7. The van der Waals surface area contributed by atoms with Crippen LogP contribution in [0.25, 0.3) is 0 Å². The zero-order valence-electron chi connectivity index (χ0n) is 15.2. The predicted molar refractivity (Wildman–Crippen MR) is 106 cm³/mol. The summed E-state index contributed by atoms with van der Waals surface area (Å²) in [5.74, 6) is 4.61. The van der Waals surface area contributed by atoms with Crippen LogP contribution in [0.1, 0.15) is 31.2 Å². The molecule has 0 radical (unpaired) electrons. The number of halogens is 1. The maximum absolute atomic E-state index is 13.5. The fourth-order valence-electron chi connectivity index (χ4n) is 3.67. The quantitative estimate of drug-likeness (QED) is 0.704. The van der Waals surface area contributed by atoms with Crippen molar-refractivity contribution in [2.24, 2.45) is 0 Å². The van der Waals surface area contributed by atoms with E-state index in [1.54, 1.807) is 19.2 Å². The van der Waals surface area contributed by atoms with Crippen molar-refractivity contribution in [1.29, 1.82) is 0 Å². The van der Waals surface area contributed by atoms with Gasteiger partial charge in [0.15, 0.2) is 0 Å². The molecule has 3 rings (SSSR count). The second-order valence-corrected chi connectivity index (χ2v) is 8.96. The largest absolute Gasteiger partial charge is 0.496 e. The molecular formula is C21H26FNO2S. The zero-order chi connectivity index (χ0) is 18.6. The summed E-state index contributed by atoms with van der Waals surface area (Å²) in [6, 6.07) is 14.1. The van der Waals surface area contributed by atoms with Crippen LogP contribution in [-0.4, -0.2) is 34.1 Å². The van der Waals surface area contributed by atoms with Crippen molar-refractivity contribution in [2.75, 3.05) is 13.7 Å². The van der Waals surface area contributed by atoms with Gasteiger partial charge in [0, 0.05) is 17.5 Å². The Morgan fingerprint density at radius 2 is 1.92 bits per heavy atom. The third kappa shape index (κ3) is 4.10. The first kappa shape index (κ1) is 18.9. The van der Waals surface area contributed by atoms with Gasteiger partial charge in [-0.15, -0.1) is 0 Å². The molecule has 26 heavy (non-hydrogen) atoms. The van der Waals surface area contributed by atoms with E-state index >= 15 is 0 Å². The normalized spacial score (nSPS) is 20.5. The van der Waals surface area contributed by atoms with Crippen molar-refractivity contribution in [2.45, 2.75) is 43.0 Å². The smallest absolute Gasteiger partial charge is 0.123 e. The topological polar surface area (TPSA) is 29.5 Å². The van der Waals surface area contributed by atoms with Crippen molar-refractivity contribution in [1.82, 2.24) is 4.31 Å². The Balaban J connectivity index is 1.78. The van der Waals surface area contributed by atoms with Crippen LogP contribution in [0.4, 0.5) is 4.39 Å². The van der Waals surface area contributed by atoms with Gasteiger partial charge in [-0.2, -0.15) is 0 Å². The minimum Gasteiger partial charge on any atom is -0.496 e. The van der Waals surface area contributed by atoms with Gasteiger partial charge in [0.1, 0.15) is 11.6 Å². The van der Waals surface area contributed by atoms with Crippen molar-refractivity contribution in [3.05, 3.63) is 59.9 Å². The Labute approximate surface area is 155 Å². The van der Waals surface area contributed by atoms with Gasteiger partial charge in [-0.3, -0.25) is 0 Å². The Morgan fingerprint density at radius 1 is 1.19 bits per heavy atom. The number of aryl methyl sites for hydroxylation is 1. The average molecular weight is 376 g/mol. The molecule has 1 aliphatic rings. The highest BCUT2D eigenvalue weighted by atomic mass is 32.2. The van der Waals surface area contributed by atoms with Crippen molar-refractivity contribution < 1.29 is 13.3 Å². The molecule has 2 aromatic rings. The molecule has 1 aliphatic heterocycles. The minimum absolute atomic E-state index is 0.198. The van der Waals surface area contributed by atoms with Crippen LogP contribution in [-0.2, 0) is 16.1 Å². The Bertz CT molecular complexity index is 833. The van der Waals surface area contributed by atoms with Crippen molar-refractivity contribution in [3.63, 3.8) is 0 Å². The van der Waals surface area contributed by atoms with Gasteiger partial charge in [-0.1, -0.05) is 24.6 Å². The third-order valence-corrected chi connectivity index (χ3v) is 7.32. The lowest BCUT2D eigenvalue weighted by Crippen LogP contribution is -2.43. The van der Waals surface area contributed by atoms with Crippen LogP contribution < -0.4 is 4.74 Å². The molecular weight excluding hydrogens is 349 g/mol.